The molecule has 1 fully saturated rings. The van der Waals surface area contributed by atoms with E-state index in [1.54, 1.807) is 0 Å². The molecule has 4 heteroatoms. The van der Waals surface area contributed by atoms with Gasteiger partial charge in [0.2, 0.25) is 0 Å². The molecule has 0 aromatic carbocycles. The first-order chi connectivity index (χ1) is 8.02. The molecule has 0 amide bonds. The van der Waals surface area contributed by atoms with Gasteiger partial charge in [0.1, 0.15) is 5.01 Å². The van der Waals surface area contributed by atoms with Crippen molar-refractivity contribution in [3.8, 4) is 0 Å². The average Bonchev–Trinajstić information content (AvgIpc) is 2.82. The minimum atomic E-state index is 0.0665. The lowest BCUT2D eigenvalue weighted by atomic mass is 9.97. The highest BCUT2D eigenvalue weighted by Crippen LogP contribution is 2.37. The Labute approximate surface area is 108 Å². The molecular formula is C13H23N3S. The predicted molar refractivity (Wildman–Crippen MR) is 73.7 cm³/mol. The largest absolute Gasteiger partial charge is 0.307 e. The van der Waals surface area contributed by atoms with Crippen molar-refractivity contribution in [2.45, 2.75) is 45.2 Å². The van der Waals surface area contributed by atoms with Crippen molar-refractivity contribution < 1.29 is 0 Å². The van der Waals surface area contributed by atoms with Gasteiger partial charge in [-0.15, -0.1) is 11.3 Å². The summed E-state index contributed by atoms with van der Waals surface area (Å²) in [5.74, 6) is 0. The van der Waals surface area contributed by atoms with Crippen molar-refractivity contribution in [1.82, 2.24) is 15.2 Å². The van der Waals surface area contributed by atoms with Crippen LogP contribution in [-0.4, -0.2) is 36.6 Å². The number of likely N-dealkylation sites (N-methyl/N-ethyl adjacent to an activating group) is 2. The minimum Gasteiger partial charge on any atom is -0.307 e. The second-order valence-electron chi connectivity index (χ2n) is 5.18. The number of aromatic nitrogens is 1. The molecule has 0 spiro atoms. The molecule has 2 heterocycles. The summed E-state index contributed by atoms with van der Waals surface area (Å²) in [6.45, 7) is 7.72. The van der Waals surface area contributed by atoms with Crippen LogP contribution in [0.2, 0.25) is 0 Å². The highest BCUT2D eigenvalue weighted by molar-refractivity contribution is 7.11. The third-order valence-corrected chi connectivity index (χ3v) is 5.25. The van der Waals surface area contributed by atoms with E-state index in [9.17, 15) is 0 Å². The third-order valence-electron chi connectivity index (χ3n) is 4.03. The fourth-order valence-electron chi connectivity index (χ4n) is 2.71. The minimum absolute atomic E-state index is 0.0665. The molecule has 3 nitrogen and oxygen atoms in total. The number of nitrogens with one attached hydrogen (secondary N) is 1. The van der Waals surface area contributed by atoms with E-state index < -0.39 is 0 Å². The molecular weight excluding hydrogens is 230 g/mol. The van der Waals surface area contributed by atoms with Crippen LogP contribution in [-0.2, 0) is 12.0 Å². The molecule has 1 N–H and O–H groups in total. The fraction of sp³-hybridized carbons (Fsp3) is 0.769. The fourth-order valence-corrected chi connectivity index (χ4v) is 3.91. The van der Waals surface area contributed by atoms with E-state index in [4.69, 9.17) is 4.98 Å². The Hall–Kier alpha value is -0.450. The summed E-state index contributed by atoms with van der Waals surface area (Å²) >= 11 is 1.86. The highest BCUT2D eigenvalue weighted by Gasteiger charge is 2.43. The van der Waals surface area contributed by atoms with Crippen LogP contribution in [0, 0.1) is 6.92 Å². The lowest BCUT2D eigenvalue weighted by Gasteiger charge is -2.26. The van der Waals surface area contributed by atoms with Crippen molar-refractivity contribution in [2.75, 3.05) is 20.6 Å². The predicted octanol–water partition coefficient (Wildman–Crippen LogP) is 2.15. The van der Waals surface area contributed by atoms with Crippen LogP contribution in [0.3, 0.4) is 0 Å². The first-order valence-corrected chi connectivity index (χ1v) is 7.20. The summed E-state index contributed by atoms with van der Waals surface area (Å²) in [5, 5.41) is 4.79. The molecule has 0 saturated carbocycles. The maximum atomic E-state index is 4.85. The topological polar surface area (TPSA) is 28.2 Å². The zero-order valence-corrected chi connectivity index (χ0v) is 12.3. The van der Waals surface area contributed by atoms with Crippen LogP contribution in [0.5, 0.6) is 0 Å². The number of hydrogen-bond acceptors (Lipinski definition) is 4. The molecule has 1 aromatic heterocycles. The van der Waals surface area contributed by atoms with Gasteiger partial charge < -0.3 is 10.2 Å². The Morgan fingerprint density at radius 2 is 2.29 bits per heavy atom. The van der Waals surface area contributed by atoms with E-state index in [1.165, 1.54) is 15.6 Å². The van der Waals surface area contributed by atoms with Gasteiger partial charge in [-0.25, -0.2) is 4.98 Å². The Bertz CT molecular complexity index is 389. The molecule has 96 valence electrons. The molecule has 2 atom stereocenters. The van der Waals surface area contributed by atoms with Crippen LogP contribution >= 0.6 is 11.3 Å². The van der Waals surface area contributed by atoms with Crippen molar-refractivity contribution in [3.05, 3.63) is 15.6 Å². The van der Waals surface area contributed by atoms with Gasteiger partial charge in [-0.05, 0) is 40.8 Å². The van der Waals surface area contributed by atoms with E-state index in [0.29, 0.717) is 6.04 Å². The highest BCUT2D eigenvalue weighted by atomic mass is 32.1. The normalized spacial score (nSPS) is 30.1. The van der Waals surface area contributed by atoms with Crippen molar-refractivity contribution in [2.24, 2.45) is 0 Å². The molecule has 2 unspecified atom stereocenters. The summed E-state index contributed by atoms with van der Waals surface area (Å²) in [6, 6.07) is 0.622. The quantitative estimate of drug-likeness (QED) is 0.894. The van der Waals surface area contributed by atoms with Crippen LogP contribution < -0.4 is 5.32 Å². The van der Waals surface area contributed by atoms with Gasteiger partial charge in [-0.2, -0.15) is 0 Å². The molecule has 1 aromatic rings. The Morgan fingerprint density at radius 1 is 1.59 bits per heavy atom. The summed E-state index contributed by atoms with van der Waals surface area (Å²) < 4.78 is 0. The monoisotopic (exact) mass is 253 g/mol. The van der Waals surface area contributed by atoms with E-state index in [1.807, 2.05) is 11.3 Å². The Morgan fingerprint density at radius 3 is 2.71 bits per heavy atom. The lowest BCUT2D eigenvalue weighted by Crippen LogP contribution is -2.42. The van der Waals surface area contributed by atoms with E-state index in [0.717, 1.165) is 19.4 Å². The first-order valence-electron chi connectivity index (χ1n) is 6.38. The summed E-state index contributed by atoms with van der Waals surface area (Å²) in [6.07, 6.45) is 2.18. The van der Waals surface area contributed by atoms with E-state index in [2.05, 4.69) is 45.1 Å². The molecule has 0 aliphatic carbocycles. The van der Waals surface area contributed by atoms with Crippen LogP contribution in [0.4, 0.5) is 0 Å². The number of aryl methyl sites for hydroxylation is 2. The molecule has 0 bridgehead atoms. The summed E-state index contributed by atoms with van der Waals surface area (Å²) in [7, 11) is 4.26. The van der Waals surface area contributed by atoms with Crippen LogP contribution in [0.25, 0.3) is 0 Å². The number of nitrogens with zero attached hydrogens (tertiary/aromatic N) is 2. The Kier molecular flexibility index (Phi) is 3.57. The standard InChI is InChI=1S/C13H23N3S/c1-6-11-10(3)17-12(15-11)13(14-4)7-9(2)16(5)8-13/h9,14H,6-8H2,1-5H3. The van der Waals surface area contributed by atoms with Gasteiger partial charge in [0.15, 0.2) is 0 Å². The summed E-state index contributed by atoms with van der Waals surface area (Å²) in [5.41, 5.74) is 1.33. The molecule has 2 rings (SSSR count). The summed E-state index contributed by atoms with van der Waals surface area (Å²) in [4.78, 5) is 8.64. The maximum Gasteiger partial charge on any atom is 0.115 e. The average molecular weight is 253 g/mol. The zero-order valence-electron chi connectivity index (χ0n) is 11.5. The second-order valence-corrected chi connectivity index (χ2v) is 6.38. The number of likely N-dealkylation sites (tertiary alicyclic amines) is 1. The maximum absolute atomic E-state index is 4.85. The molecule has 0 radical (unpaired) electrons. The number of thiazole rings is 1. The molecule has 1 aliphatic rings. The number of rotatable bonds is 3. The zero-order chi connectivity index (χ0) is 12.6. The molecule has 1 aliphatic heterocycles. The van der Waals surface area contributed by atoms with Gasteiger partial charge in [0, 0.05) is 17.5 Å². The van der Waals surface area contributed by atoms with Gasteiger partial charge >= 0.3 is 0 Å². The molecule has 17 heavy (non-hydrogen) atoms. The van der Waals surface area contributed by atoms with Gasteiger partial charge in [0.25, 0.3) is 0 Å². The Balaban J connectivity index is 2.35. The van der Waals surface area contributed by atoms with Crippen molar-refractivity contribution >= 4 is 11.3 Å². The molecule has 1 saturated heterocycles. The van der Waals surface area contributed by atoms with Crippen molar-refractivity contribution in [1.29, 1.82) is 0 Å². The SMILES string of the molecule is CCc1nc(C2(NC)CC(C)N(C)C2)sc1C. The lowest BCUT2D eigenvalue weighted by molar-refractivity contribution is 0.307. The van der Waals surface area contributed by atoms with Crippen LogP contribution in [0.15, 0.2) is 0 Å². The van der Waals surface area contributed by atoms with E-state index >= 15 is 0 Å². The van der Waals surface area contributed by atoms with Gasteiger partial charge in [-0.1, -0.05) is 6.92 Å². The number of hydrogen-bond donors (Lipinski definition) is 1. The first kappa shape index (κ1) is 13.0. The van der Waals surface area contributed by atoms with Gasteiger partial charge in [-0.3, -0.25) is 0 Å². The smallest absolute Gasteiger partial charge is 0.115 e. The van der Waals surface area contributed by atoms with Gasteiger partial charge in [0.05, 0.1) is 11.2 Å². The second kappa shape index (κ2) is 4.67. The van der Waals surface area contributed by atoms with E-state index in [-0.39, 0.29) is 5.54 Å². The third kappa shape index (κ3) is 2.14. The van der Waals surface area contributed by atoms with Crippen LogP contribution in [0.1, 0.15) is 35.8 Å². The van der Waals surface area contributed by atoms with Crippen molar-refractivity contribution in [3.63, 3.8) is 0 Å².